The average molecular weight is 177 g/mol. The molecule has 0 spiro atoms. The van der Waals surface area contributed by atoms with E-state index in [1.165, 1.54) is 0 Å². The molecule has 0 radical (unpaired) electrons. The van der Waals surface area contributed by atoms with Crippen LogP contribution in [0.2, 0.25) is 0 Å². The molecule has 0 amide bonds. The van der Waals surface area contributed by atoms with Crippen molar-refractivity contribution in [3.05, 3.63) is 0 Å². The number of alkyl halides is 1. The Kier molecular flexibility index (Phi) is 6.30. The predicted octanol–water partition coefficient (Wildman–Crippen LogP) is 1.70. The monoisotopic (exact) mass is 177 g/mol. The van der Waals surface area contributed by atoms with E-state index in [1.807, 2.05) is 32.8 Å². The molecule has 1 fully saturated rings. The summed E-state index contributed by atoms with van der Waals surface area (Å²) >= 11 is 0. The third kappa shape index (κ3) is 3.50. The molecule has 2 nitrogen and oxygen atoms in total. The SMILES string of the molecule is CC.CN(C)C1CCOCC1F. The molecule has 74 valence electrons. The molecule has 0 N–H and O–H groups in total. The van der Waals surface area contributed by atoms with E-state index < -0.39 is 6.17 Å². The fourth-order valence-electron chi connectivity index (χ4n) is 1.27. The summed E-state index contributed by atoms with van der Waals surface area (Å²) in [7, 11) is 3.81. The second-order valence-electron chi connectivity index (χ2n) is 2.91. The summed E-state index contributed by atoms with van der Waals surface area (Å²) in [5.74, 6) is 0. The number of hydrogen-bond donors (Lipinski definition) is 0. The number of hydrogen-bond acceptors (Lipinski definition) is 2. The summed E-state index contributed by atoms with van der Waals surface area (Å²) in [4.78, 5) is 1.92. The van der Waals surface area contributed by atoms with Gasteiger partial charge in [0, 0.05) is 12.6 Å². The smallest absolute Gasteiger partial charge is 0.139 e. The highest BCUT2D eigenvalue weighted by molar-refractivity contribution is 4.78. The minimum absolute atomic E-state index is 0.0637. The highest BCUT2D eigenvalue weighted by Gasteiger charge is 2.26. The zero-order chi connectivity index (χ0) is 9.56. The summed E-state index contributed by atoms with van der Waals surface area (Å²) in [5, 5.41) is 0. The summed E-state index contributed by atoms with van der Waals surface area (Å²) in [6.07, 6.45) is 0.0116. The van der Waals surface area contributed by atoms with Gasteiger partial charge in [0.05, 0.1) is 6.61 Å². The molecular weight excluding hydrogens is 157 g/mol. The Morgan fingerprint density at radius 3 is 2.25 bits per heavy atom. The van der Waals surface area contributed by atoms with E-state index in [1.54, 1.807) is 0 Å². The van der Waals surface area contributed by atoms with Crippen molar-refractivity contribution in [3.63, 3.8) is 0 Å². The Balaban J connectivity index is 0.000000561. The first-order valence-electron chi connectivity index (χ1n) is 4.60. The number of halogens is 1. The van der Waals surface area contributed by atoms with E-state index in [-0.39, 0.29) is 12.6 Å². The molecule has 1 saturated heterocycles. The van der Waals surface area contributed by atoms with Crippen LogP contribution in [0.25, 0.3) is 0 Å². The lowest BCUT2D eigenvalue weighted by Gasteiger charge is -2.31. The highest BCUT2D eigenvalue weighted by Crippen LogP contribution is 2.14. The highest BCUT2D eigenvalue weighted by atomic mass is 19.1. The summed E-state index contributed by atoms with van der Waals surface area (Å²) < 4.78 is 17.9. The lowest BCUT2D eigenvalue weighted by molar-refractivity contribution is -0.0141. The van der Waals surface area contributed by atoms with Crippen molar-refractivity contribution in [1.82, 2.24) is 4.90 Å². The Labute approximate surface area is 74.7 Å². The summed E-state index contributed by atoms with van der Waals surface area (Å²) in [6.45, 7) is 4.96. The Hall–Kier alpha value is -0.150. The Morgan fingerprint density at radius 2 is 1.92 bits per heavy atom. The van der Waals surface area contributed by atoms with Crippen molar-refractivity contribution in [1.29, 1.82) is 0 Å². The lowest BCUT2D eigenvalue weighted by Crippen LogP contribution is -2.43. The molecular formula is C9H20FNO. The van der Waals surface area contributed by atoms with E-state index in [9.17, 15) is 4.39 Å². The van der Waals surface area contributed by atoms with Crippen LogP contribution in [0.5, 0.6) is 0 Å². The zero-order valence-electron chi connectivity index (χ0n) is 8.51. The first-order valence-corrected chi connectivity index (χ1v) is 4.60. The van der Waals surface area contributed by atoms with Gasteiger partial charge in [0.1, 0.15) is 6.17 Å². The van der Waals surface area contributed by atoms with Gasteiger partial charge in [0.25, 0.3) is 0 Å². The van der Waals surface area contributed by atoms with Crippen LogP contribution in [-0.4, -0.2) is 44.4 Å². The number of ether oxygens (including phenoxy) is 1. The molecule has 2 unspecified atom stereocenters. The number of rotatable bonds is 1. The van der Waals surface area contributed by atoms with Gasteiger partial charge in [-0.2, -0.15) is 0 Å². The van der Waals surface area contributed by atoms with Crippen LogP contribution in [0.3, 0.4) is 0 Å². The van der Waals surface area contributed by atoms with Crippen LogP contribution in [0.4, 0.5) is 4.39 Å². The minimum Gasteiger partial charge on any atom is -0.378 e. The molecule has 0 saturated carbocycles. The van der Waals surface area contributed by atoms with Crippen LogP contribution in [0.15, 0.2) is 0 Å². The second-order valence-corrected chi connectivity index (χ2v) is 2.91. The molecule has 0 bridgehead atoms. The largest absolute Gasteiger partial charge is 0.378 e. The maximum Gasteiger partial charge on any atom is 0.139 e. The third-order valence-corrected chi connectivity index (χ3v) is 1.92. The fourth-order valence-corrected chi connectivity index (χ4v) is 1.27. The Bertz CT molecular complexity index is 109. The van der Waals surface area contributed by atoms with Gasteiger partial charge in [-0.15, -0.1) is 0 Å². The van der Waals surface area contributed by atoms with Crippen molar-refractivity contribution in [3.8, 4) is 0 Å². The van der Waals surface area contributed by atoms with Crippen LogP contribution >= 0.6 is 0 Å². The summed E-state index contributed by atoms with van der Waals surface area (Å²) in [6, 6.07) is 0.0637. The molecule has 12 heavy (non-hydrogen) atoms. The normalized spacial score (nSPS) is 29.5. The molecule has 2 atom stereocenters. The molecule has 1 aliphatic rings. The first kappa shape index (κ1) is 11.8. The number of nitrogens with zero attached hydrogens (tertiary/aromatic N) is 1. The van der Waals surface area contributed by atoms with Crippen molar-refractivity contribution in [2.45, 2.75) is 32.5 Å². The molecule has 0 aromatic rings. The molecule has 0 aromatic heterocycles. The molecule has 1 aliphatic heterocycles. The van der Waals surface area contributed by atoms with Crippen LogP contribution < -0.4 is 0 Å². The van der Waals surface area contributed by atoms with Gasteiger partial charge >= 0.3 is 0 Å². The van der Waals surface area contributed by atoms with Gasteiger partial charge < -0.3 is 9.64 Å². The van der Waals surface area contributed by atoms with Crippen molar-refractivity contribution < 1.29 is 9.13 Å². The maximum atomic E-state index is 12.9. The van der Waals surface area contributed by atoms with Crippen LogP contribution in [0, 0.1) is 0 Å². The van der Waals surface area contributed by atoms with Gasteiger partial charge in [0.15, 0.2) is 0 Å². The van der Waals surface area contributed by atoms with Gasteiger partial charge in [-0.3, -0.25) is 0 Å². The average Bonchev–Trinajstić information content (AvgIpc) is 2.08. The minimum atomic E-state index is -0.802. The van der Waals surface area contributed by atoms with Crippen molar-refractivity contribution in [2.75, 3.05) is 27.3 Å². The molecule has 0 aromatic carbocycles. The van der Waals surface area contributed by atoms with E-state index >= 15 is 0 Å². The van der Waals surface area contributed by atoms with E-state index in [2.05, 4.69) is 0 Å². The maximum absolute atomic E-state index is 12.9. The first-order chi connectivity index (χ1) is 5.72. The van der Waals surface area contributed by atoms with Crippen molar-refractivity contribution in [2.24, 2.45) is 0 Å². The molecule has 0 aliphatic carbocycles. The van der Waals surface area contributed by atoms with Gasteiger partial charge in [-0.05, 0) is 20.5 Å². The lowest BCUT2D eigenvalue weighted by atomic mass is 10.1. The van der Waals surface area contributed by atoms with E-state index in [4.69, 9.17) is 4.74 Å². The van der Waals surface area contributed by atoms with E-state index in [0.717, 1.165) is 6.42 Å². The summed E-state index contributed by atoms with van der Waals surface area (Å²) in [5.41, 5.74) is 0. The van der Waals surface area contributed by atoms with Gasteiger partial charge in [-0.1, -0.05) is 13.8 Å². The fraction of sp³-hybridized carbons (Fsp3) is 1.00. The quantitative estimate of drug-likeness (QED) is 0.604. The van der Waals surface area contributed by atoms with Crippen LogP contribution in [-0.2, 0) is 4.74 Å². The zero-order valence-corrected chi connectivity index (χ0v) is 8.51. The predicted molar refractivity (Wildman–Crippen MR) is 49.2 cm³/mol. The van der Waals surface area contributed by atoms with Gasteiger partial charge in [-0.25, -0.2) is 4.39 Å². The molecule has 3 heteroatoms. The van der Waals surface area contributed by atoms with E-state index in [0.29, 0.717) is 6.61 Å². The second kappa shape index (κ2) is 6.38. The van der Waals surface area contributed by atoms with Crippen LogP contribution in [0.1, 0.15) is 20.3 Å². The third-order valence-electron chi connectivity index (χ3n) is 1.92. The van der Waals surface area contributed by atoms with Crippen molar-refractivity contribution >= 4 is 0 Å². The standard InChI is InChI=1S/C7H14FNO.C2H6/c1-9(2)7-3-4-10-5-6(7)8;1-2/h6-7H,3-5H2,1-2H3;1-2H3. The topological polar surface area (TPSA) is 12.5 Å². The van der Waals surface area contributed by atoms with Gasteiger partial charge in [0.2, 0.25) is 0 Å². The Morgan fingerprint density at radius 1 is 1.33 bits per heavy atom. The molecule has 1 heterocycles. The molecule has 1 rings (SSSR count).